The number of ether oxygens (including phenoxy) is 1. The van der Waals surface area contributed by atoms with Gasteiger partial charge >= 0.3 is 0 Å². The van der Waals surface area contributed by atoms with Crippen molar-refractivity contribution in [1.82, 2.24) is 0 Å². The van der Waals surface area contributed by atoms with Crippen molar-refractivity contribution < 1.29 is 31.1 Å². The SMILES string of the molecule is CCOc1cc(F)c(CCc2cc(F)c(C#Cc3ccc4c(F)c(F)ccc4c3)c(F)c2)c(F)c1. The van der Waals surface area contributed by atoms with Crippen LogP contribution in [-0.4, -0.2) is 6.61 Å². The molecule has 7 heteroatoms. The van der Waals surface area contributed by atoms with Crippen LogP contribution < -0.4 is 4.74 Å². The molecule has 0 amide bonds. The predicted octanol–water partition coefficient (Wildman–Crippen LogP) is 7.26. The maximum atomic E-state index is 14.6. The number of aryl methyl sites for hydroxylation is 1. The zero-order chi connectivity index (χ0) is 25.1. The van der Waals surface area contributed by atoms with Gasteiger partial charge in [0.2, 0.25) is 0 Å². The van der Waals surface area contributed by atoms with Crippen LogP contribution in [0.1, 0.15) is 29.2 Å². The highest BCUT2D eigenvalue weighted by Gasteiger charge is 2.14. The van der Waals surface area contributed by atoms with Crippen molar-refractivity contribution in [2.24, 2.45) is 0 Å². The minimum atomic E-state index is -0.986. The Morgan fingerprint density at radius 2 is 1.37 bits per heavy atom. The summed E-state index contributed by atoms with van der Waals surface area (Å²) in [5, 5.41) is 0.457. The average Bonchev–Trinajstić information content (AvgIpc) is 2.80. The Hall–Kier alpha value is -3.92. The second-order valence-electron chi connectivity index (χ2n) is 7.78. The van der Waals surface area contributed by atoms with Crippen LogP contribution in [0, 0.1) is 46.7 Å². The normalized spacial score (nSPS) is 10.8. The lowest BCUT2D eigenvalue weighted by atomic mass is 10.0. The van der Waals surface area contributed by atoms with Gasteiger partial charge in [0.05, 0.1) is 12.2 Å². The molecule has 0 aliphatic carbocycles. The van der Waals surface area contributed by atoms with Gasteiger partial charge in [0, 0.05) is 28.6 Å². The van der Waals surface area contributed by atoms with Crippen molar-refractivity contribution in [1.29, 1.82) is 0 Å². The standard InChI is InChI=1S/C28H18F6O/c1-2-35-19-14-26(32)22(27(33)15-19)9-5-17-12-24(30)21(25(31)13-17)8-4-16-3-7-20-18(11-16)6-10-23(29)28(20)34/h3,6-7,10-15H,2,5,9H2,1H3. The predicted molar refractivity (Wildman–Crippen MR) is 121 cm³/mol. The highest BCUT2D eigenvalue weighted by Crippen LogP contribution is 2.24. The lowest BCUT2D eigenvalue weighted by molar-refractivity contribution is 0.335. The first-order valence-corrected chi connectivity index (χ1v) is 10.7. The first-order chi connectivity index (χ1) is 16.8. The van der Waals surface area contributed by atoms with E-state index in [0.29, 0.717) is 10.9 Å². The van der Waals surface area contributed by atoms with Crippen molar-refractivity contribution in [3.63, 3.8) is 0 Å². The second-order valence-corrected chi connectivity index (χ2v) is 7.78. The summed E-state index contributed by atoms with van der Waals surface area (Å²) in [6, 6.07) is 10.9. The maximum Gasteiger partial charge on any atom is 0.166 e. The smallest absolute Gasteiger partial charge is 0.166 e. The van der Waals surface area contributed by atoms with Crippen LogP contribution in [0.3, 0.4) is 0 Å². The van der Waals surface area contributed by atoms with Crippen LogP contribution in [0.4, 0.5) is 26.3 Å². The van der Waals surface area contributed by atoms with Gasteiger partial charge in [-0.1, -0.05) is 24.0 Å². The van der Waals surface area contributed by atoms with E-state index in [1.165, 1.54) is 24.3 Å². The second kappa shape index (κ2) is 10.1. The Labute approximate surface area is 198 Å². The molecular weight excluding hydrogens is 466 g/mol. The molecule has 0 fully saturated rings. The summed E-state index contributed by atoms with van der Waals surface area (Å²) in [6.07, 6.45) is -0.113. The van der Waals surface area contributed by atoms with Gasteiger partial charge < -0.3 is 4.74 Å². The Balaban J connectivity index is 1.54. The topological polar surface area (TPSA) is 9.23 Å². The van der Waals surface area contributed by atoms with Crippen LogP contribution in [0.25, 0.3) is 10.8 Å². The molecule has 0 atom stereocenters. The molecule has 4 rings (SSSR count). The number of rotatable bonds is 5. The summed E-state index contributed by atoms with van der Waals surface area (Å²) in [4.78, 5) is 0. The van der Waals surface area contributed by atoms with Crippen LogP contribution in [-0.2, 0) is 12.8 Å². The van der Waals surface area contributed by atoms with E-state index in [1.54, 1.807) is 6.92 Å². The molecule has 0 unspecified atom stereocenters. The van der Waals surface area contributed by atoms with Gasteiger partial charge in [-0.15, -0.1) is 0 Å². The summed E-state index contributed by atoms with van der Waals surface area (Å²) < 4.78 is 89.9. The van der Waals surface area contributed by atoms with Crippen molar-refractivity contribution in [2.75, 3.05) is 6.61 Å². The average molecular weight is 484 g/mol. The molecule has 0 aliphatic rings. The first-order valence-electron chi connectivity index (χ1n) is 10.7. The van der Waals surface area contributed by atoms with Crippen LogP contribution in [0.15, 0.2) is 54.6 Å². The fourth-order valence-electron chi connectivity index (χ4n) is 3.71. The molecular formula is C28H18F6O. The van der Waals surface area contributed by atoms with Crippen LogP contribution in [0.2, 0.25) is 0 Å². The van der Waals surface area contributed by atoms with E-state index in [1.807, 2.05) is 0 Å². The summed E-state index contributed by atoms with van der Waals surface area (Å²) in [6.45, 7) is 1.94. The highest BCUT2D eigenvalue weighted by atomic mass is 19.2. The molecule has 0 aliphatic heterocycles. The third-order valence-corrected chi connectivity index (χ3v) is 5.43. The largest absolute Gasteiger partial charge is 0.494 e. The van der Waals surface area contributed by atoms with Crippen molar-refractivity contribution in [2.45, 2.75) is 19.8 Å². The van der Waals surface area contributed by atoms with Gasteiger partial charge in [0.1, 0.15) is 29.0 Å². The van der Waals surface area contributed by atoms with Gasteiger partial charge in [-0.25, -0.2) is 26.3 Å². The molecule has 35 heavy (non-hydrogen) atoms. The Morgan fingerprint density at radius 3 is 2.03 bits per heavy atom. The fraction of sp³-hybridized carbons (Fsp3) is 0.143. The van der Waals surface area contributed by atoms with Crippen LogP contribution in [0.5, 0.6) is 5.75 Å². The number of halogens is 6. The van der Waals surface area contributed by atoms with E-state index in [2.05, 4.69) is 11.8 Å². The lowest BCUT2D eigenvalue weighted by Gasteiger charge is -2.09. The number of benzene rings is 4. The summed E-state index contributed by atoms with van der Waals surface area (Å²) in [7, 11) is 0. The van der Waals surface area contributed by atoms with Crippen LogP contribution >= 0.6 is 0 Å². The van der Waals surface area contributed by atoms with Gasteiger partial charge in [0.15, 0.2) is 11.6 Å². The van der Waals surface area contributed by atoms with E-state index in [4.69, 9.17) is 4.74 Å². The summed E-state index contributed by atoms with van der Waals surface area (Å²) in [5.41, 5.74) is -0.113. The molecule has 178 valence electrons. The fourth-order valence-corrected chi connectivity index (χ4v) is 3.71. The third-order valence-electron chi connectivity index (χ3n) is 5.43. The minimum Gasteiger partial charge on any atom is -0.494 e. The van der Waals surface area contributed by atoms with E-state index in [0.717, 1.165) is 30.3 Å². The summed E-state index contributed by atoms with van der Waals surface area (Å²) >= 11 is 0. The van der Waals surface area contributed by atoms with Gasteiger partial charge in [-0.05, 0) is 61.0 Å². The molecule has 0 heterocycles. The van der Waals surface area contributed by atoms with Gasteiger partial charge in [-0.3, -0.25) is 0 Å². The third kappa shape index (κ3) is 5.27. The zero-order valence-electron chi connectivity index (χ0n) is 18.5. The molecule has 0 saturated carbocycles. The Morgan fingerprint density at radius 1 is 0.686 bits per heavy atom. The Kier molecular flexibility index (Phi) is 7.02. The lowest BCUT2D eigenvalue weighted by Crippen LogP contribution is -2.02. The van der Waals surface area contributed by atoms with E-state index >= 15 is 0 Å². The molecule has 4 aromatic rings. The van der Waals surface area contributed by atoms with Crippen molar-refractivity contribution in [3.05, 3.63) is 112 Å². The van der Waals surface area contributed by atoms with Crippen molar-refractivity contribution in [3.8, 4) is 17.6 Å². The molecule has 0 N–H and O–H groups in total. The number of hydrogen-bond acceptors (Lipinski definition) is 1. The monoisotopic (exact) mass is 484 g/mol. The molecule has 1 nitrogen and oxygen atoms in total. The highest BCUT2D eigenvalue weighted by molar-refractivity contribution is 5.84. The zero-order valence-corrected chi connectivity index (χ0v) is 18.5. The molecule has 0 spiro atoms. The van der Waals surface area contributed by atoms with Gasteiger partial charge in [0.25, 0.3) is 0 Å². The maximum absolute atomic E-state index is 14.6. The molecule has 0 radical (unpaired) electrons. The van der Waals surface area contributed by atoms with E-state index in [-0.39, 0.29) is 41.7 Å². The number of hydrogen-bond donors (Lipinski definition) is 0. The quantitative estimate of drug-likeness (QED) is 0.214. The molecule has 0 bridgehead atoms. The Bertz CT molecular complexity index is 1440. The number of fused-ring (bicyclic) bond motifs is 1. The summed E-state index contributed by atoms with van der Waals surface area (Å²) in [5.74, 6) is -0.294. The van der Waals surface area contributed by atoms with Crippen molar-refractivity contribution >= 4 is 10.8 Å². The van der Waals surface area contributed by atoms with E-state index < -0.39 is 40.5 Å². The van der Waals surface area contributed by atoms with E-state index in [9.17, 15) is 26.3 Å². The minimum absolute atomic E-state index is 0.00380. The molecule has 0 aromatic heterocycles. The first kappa shape index (κ1) is 24.2. The molecule has 0 saturated heterocycles. The molecule has 4 aromatic carbocycles. The van der Waals surface area contributed by atoms with Gasteiger partial charge in [-0.2, -0.15) is 0 Å².